The van der Waals surface area contributed by atoms with E-state index in [1.807, 2.05) is 6.92 Å². The van der Waals surface area contributed by atoms with E-state index >= 15 is 0 Å². The Kier molecular flexibility index (Phi) is 6.58. The number of hydrogen-bond donors (Lipinski definition) is 1. The SMILES string of the molecule is Cc1cc(Cl)ccc1OCC(=O)NC(C)c1cccc(OC(F)F)c1. The summed E-state index contributed by atoms with van der Waals surface area (Å²) >= 11 is 5.87. The second kappa shape index (κ2) is 8.67. The third kappa shape index (κ3) is 5.90. The van der Waals surface area contributed by atoms with Crippen LogP contribution in [-0.4, -0.2) is 19.1 Å². The predicted molar refractivity (Wildman–Crippen MR) is 91.3 cm³/mol. The predicted octanol–water partition coefficient (Wildman–Crippen LogP) is 4.51. The standard InChI is InChI=1S/C18H18ClF2NO3/c1-11-8-14(19)6-7-16(11)24-10-17(23)22-12(2)13-4-3-5-15(9-13)25-18(20)21/h3-9,12,18H,10H2,1-2H3,(H,22,23). The van der Waals surface area contributed by atoms with Crippen LogP contribution in [0, 0.1) is 6.92 Å². The van der Waals surface area contributed by atoms with Crippen LogP contribution in [0.15, 0.2) is 42.5 Å². The Balaban J connectivity index is 1.91. The van der Waals surface area contributed by atoms with Crippen LogP contribution in [0.2, 0.25) is 5.02 Å². The molecular formula is C18H18ClF2NO3. The highest BCUT2D eigenvalue weighted by Crippen LogP contribution is 2.22. The Morgan fingerprint density at radius 1 is 1.24 bits per heavy atom. The zero-order valence-electron chi connectivity index (χ0n) is 13.8. The lowest BCUT2D eigenvalue weighted by molar-refractivity contribution is -0.123. The Morgan fingerprint density at radius 2 is 2.00 bits per heavy atom. The molecule has 2 aromatic rings. The van der Waals surface area contributed by atoms with Crippen molar-refractivity contribution in [3.8, 4) is 11.5 Å². The fraction of sp³-hybridized carbons (Fsp3) is 0.278. The molecule has 134 valence electrons. The number of carbonyl (C=O) groups excluding carboxylic acids is 1. The lowest BCUT2D eigenvalue weighted by Gasteiger charge is -2.16. The lowest BCUT2D eigenvalue weighted by Crippen LogP contribution is -2.31. The molecule has 0 aliphatic rings. The van der Waals surface area contributed by atoms with Crippen LogP contribution in [0.1, 0.15) is 24.1 Å². The number of rotatable bonds is 7. The van der Waals surface area contributed by atoms with Crippen LogP contribution in [0.25, 0.3) is 0 Å². The molecule has 0 spiro atoms. The molecule has 1 amide bonds. The summed E-state index contributed by atoms with van der Waals surface area (Å²) in [6, 6.07) is 10.9. The van der Waals surface area contributed by atoms with Crippen molar-refractivity contribution < 1.29 is 23.0 Å². The van der Waals surface area contributed by atoms with Gasteiger partial charge in [-0.1, -0.05) is 23.7 Å². The van der Waals surface area contributed by atoms with Gasteiger partial charge in [0.15, 0.2) is 6.61 Å². The minimum Gasteiger partial charge on any atom is -0.484 e. The topological polar surface area (TPSA) is 47.6 Å². The number of carbonyl (C=O) groups is 1. The van der Waals surface area contributed by atoms with Crippen LogP contribution in [0.4, 0.5) is 8.78 Å². The maximum atomic E-state index is 12.3. The second-order valence-corrected chi connectivity index (χ2v) is 5.88. The summed E-state index contributed by atoms with van der Waals surface area (Å²) < 4.78 is 34.4. The number of halogens is 3. The fourth-order valence-corrected chi connectivity index (χ4v) is 2.47. The van der Waals surface area contributed by atoms with E-state index in [2.05, 4.69) is 10.1 Å². The molecule has 0 aliphatic carbocycles. The quantitative estimate of drug-likeness (QED) is 0.781. The molecule has 7 heteroatoms. The van der Waals surface area contributed by atoms with Crippen LogP contribution in [0.5, 0.6) is 11.5 Å². The van der Waals surface area contributed by atoms with Gasteiger partial charge in [0.2, 0.25) is 0 Å². The Bertz CT molecular complexity index is 740. The molecule has 0 aromatic heterocycles. The summed E-state index contributed by atoms with van der Waals surface area (Å²) in [7, 11) is 0. The maximum Gasteiger partial charge on any atom is 0.387 e. The van der Waals surface area contributed by atoms with E-state index < -0.39 is 6.61 Å². The number of amides is 1. The first kappa shape index (κ1) is 19.0. The zero-order chi connectivity index (χ0) is 18.4. The van der Waals surface area contributed by atoms with E-state index in [4.69, 9.17) is 16.3 Å². The summed E-state index contributed by atoms with van der Waals surface area (Å²) in [5.74, 6) is 0.281. The second-order valence-electron chi connectivity index (χ2n) is 5.44. The average Bonchev–Trinajstić information content (AvgIpc) is 2.53. The molecule has 1 atom stereocenters. The van der Waals surface area contributed by atoms with Gasteiger partial charge in [-0.05, 0) is 55.3 Å². The van der Waals surface area contributed by atoms with Gasteiger partial charge in [-0.15, -0.1) is 0 Å². The van der Waals surface area contributed by atoms with Gasteiger partial charge in [-0.3, -0.25) is 4.79 Å². The van der Waals surface area contributed by atoms with Gasteiger partial charge in [0, 0.05) is 5.02 Å². The van der Waals surface area contributed by atoms with Crippen molar-refractivity contribution in [2.45, 2.75) is 26.5 Å². The highest BCUT2D eigenvalue weighted by molar-refractivity contribution is 6.30. The molecule has 2 rings (SSSR count). The van der Waals surface area contributed by atoms with Crippen molar-refractivity contribution in [3.63, 3.8) is 0 Å². The van der Waals surface area contributed by atoms with E-state index in [1.165, 1.54) is 12.1 Å². The third-order valence-corrected chi connectivity index (χ3v) is 3.69. The largest absolute Gasteiger partial charge is 0.484 e. The van der Waals surface area contributed by atoms with Crippen molar-refractivity contribution in [2.75, 3.05) is 6.61 Å². The molecule has 0 aliphatic heterocycles. The monoisotopic (exact) mass is 369 g/mol. The summed E-state index contributed by atoms with van der Waals surface area (Å²) in [4.78, 5) is 12.0. The minimum absolute atomic E-state index is 0.0432. The van der Waals surface area contributed by atoms with Gasteiger partial charge in [0.25, 0.3) is 5.91 Å². The molecule has 0 fully saturated rings. The van der Waals surface area contributed by atoms with Crippen LogP contribution >= 0.6 is 11.6 Å². The van der Waals surface area contributed by atoms with E-state index in [1.54, 1.807) is 37.3 Å². The van der Waals surface area contributed by atoms with Crippen molar-refractivity contribution in [3.05, 3.63) is 58.6 Å². The van der Waals surface area contributed by atoms with Crippen LogP contribution < -0.4 is 14.8 Å². The molecule has 2 aromatic carbocycles. The van der Waals surface area contributed by atoms with Gasteiger partial charge >= 0.3 is 6.61 Å². The first-order chi connectivity index (χ1) is 11.8. The molecule has 0 radical (unpaired) electrons. The van der Waals surface area contributed by atoms with E-state index in [-0.39, 0.29) is 24.3 Å². The number of ether oxygens (including phenoxy) is 2. The van der Waals surface area contributed by atoms with Crippen molar-refractivity contribution in [2.24, 2.45) is 0 Å². The highest BCUT2D eigenvalue weighted by Gasteiger charge is 2.13. The first-order valence-electron chi connectivity index (χ1n) is 7.58. The average molecular weight is 370 g/mol. The Morgan fingerprint density at radius 3 is 2.68 bits per heavy atom. The Hall–Kier alpha value is -2.34. The fourth-order valence-electron chi connectivity index (χ4n) is 2.24. The summed E-state index contributed by atoms with van der Waals surface area (Å²) in [5.41, 5.74) is 1.47. The summed E-state index contributed by atoms with van der Waals surface area (Å²) in [6.07, 6.45) is 0. The van der Waals surface area contributed by atoms with Crippen molar-refractivity contribution in [1.82, 2.24) is 5.32 Å². The van der Waals surface area contributed by atoms with E-state index in [0.717, 1.165) is 5.56 Å². The van der Waals surface area contributed by atoms with Crippen molar-refractivity contribution >= 4 is 17.5 Å². The molecule has 0 heterocycles. The molecule has 4 nitrogen and oxygen atoms in total. The number of nitrogens with one attached hydrogen (secondary N) is 1. The van der Waals surface area contributed by atoms with Gasteiger partial charge in [-0.25, -0.2) is 0 Å². The molecule has 0 saturated carbocycles. The van der Waals surface area contributed by atoms with E-state index in [9.17, 15) is 13.6 Å². The van der Waals surface area contributed by atoms with E-state index in [0.29, 0.717) is 16.3 Å². The third-order valence-electron chi connectivity index (χ3n) is 3.46. The summed E-state index contributed by atoms with van der Waals surface area (Å²) in [6.45, 7) is 0.514. The number of alkyl halides is 2. The smallest absolute Gasteiger partial charge is 0.387 e. The van der Waals surface area contributed by atoms with Gasteiger partial charge in [0.1, 0.15) is 11.5 Å². The molecule has 1 N–H and O–H groups in total. The number of aryl methyl sites for hydroxylation is 1. The van der Waals surface area contributed by atoms with Gasteiger partial charge in [0.05, 0.1) is 6.04 Å². The van der Waals surface area contributed by atoms with Crippen molar-refractivity contribution in [1.29, 1.82) is 0 Å². The van der Waals surface area contributed by atoms with Crippen LogP contribution in [0.3, 0.4) is 0 Å². The molecule has 25 heavy (non-hydrogen) atoms. The highest BCUT2D eigenvalue weighted by atomic mass is 35.5. The number of hydrogen-bond acceptors (Lipinski definition) is 3. The normalized spacial score (nSPS) is 11.9. The maximum absolute atomic E-state index is 12.3. The first-order valence-corrected chi connectivity index (χ1v) is 7.96. The number of benzene rings is 2. The zero-order valence-corrected chi connectivity index (χ0v) is 14.5. The van der Waals surface area contributed by atoms with Crippen LogP contribution in [-0.2, 0) is 4.79 Å². The lowest BCUT2D eigenvalue weighted by atomic mass is 10.1. The molecule has 0 bridgehead atoms. The Labute approximate surface area is 149 Å². The summed E-state index contributed by atoms with van der Waals surface area (Å²) in [5, 5.41) is 3.34. The van der Waals surface area contributed by atoms with Gasteiger partial charge < -0.3 is 14.8 Å². The molecular weight excluding hydrogens is 352 g/mol. The molecule has 0 saturated heterocycles. The van der Waals surface area contributed by atoms with Gasteiger partial charge in [-0.2, -0.15) is 8.78 Å². The minimum atomic E-state index is -2.89. The molecule has 1 unspecified atom stereocenters.